The number of hydrogen-bond donors (Lipinski definition) is 1. The van der Waals surface area contributed by atoms with Gasteiger partial charge in [0.1, 0.15) is 6.33 Å². The van der Waals surface area contributed by atoms with Crippen LogP contribution in [0.5, 0.6) is 0 Å². The van der Waals surface area contributed by atoms with Crippen LogP contribution in [0.15, 0.2) is 11.5 Å². The molecule has 0 saturated heterocycles. The summed E-state index contributed by atoms with van der Waals surface area (Å²) in [5, 5.41) is 17.3. The maximum absolute atomic E-state index is 10.5. The zero-order valence-electron chi connectivity index (χ0n) is 9.22. The largest absolute Gasteiger partial charge is 0.481 e. The average Bonchev–Trinajstić information content (AvgIpc) is 2.63. The molecule has 1 N–H and O–H groups in total. The normalized spacial score (nSPS) is 18.1. The molecule has 0 aliphatic heterocycles. The summed E-state index contributed by atoms with van der Waals surface area (Å²) in [6, 6.07) is 0. The van der Waals surface area contributed by atoms with Crippen LogP contribution in [0.3, 0.4) is 0 Å². The summed E-state index contributed by atoms with van der Waals surface area (Å²) in [5.41, 5.74) is 0.143. The molecule has 2 rings (SSSR count). The van der Waals surface area contributed by atoms with Gasteiger partial charge in [0, 0.05) is 5.54 Å². The second kappa shape index (κ2) is 4.45. The third-order valence-electron chi connectivity index (χ3n) is 3.29. The highest BCUT2D eigenvalue weighted by atomic mass is 32.2. The lowest BCUT2D eigenvalue weighted by atomic mass is 9.75. The minimum absolute atomic E-state index is 0.0402. The van der Waals surface area contributed by atoms with E-state index in [1.54, 1.807) is 6.33 Å². The number of aromatic nitrogens is 3. The van der Waals surface area contributed by atoms with E-state index in [1.807, 2.05) is 0 Å². The minimum atomic E-state index is -0.821. The summed E-state index contributed by atoms with van der Waals surface area (Å²) < 4.78 is 2.06. The van der Waals surface area contributed by atoms with Gasteiger partial charge < -0.3 is 9.67 Å². The van der Waals surface area contributed by atoms with Gasteiger partial charge in [0.05, 0.1) is 5.75 Å². The van der Waals surface area contributed by atoms with E-state index in [-0.39, 0.29) is 11.3 Å². The van der Waals surface area contributed by atoms with Gasteiger partial charge in [-0.1, -0.05) is 18.7 Å². The van der Waals surface area contributed by atoms with Crippen molar-refractivity contribution in [3.8, 4) is 0 Å². The highest BCUT2D eigenvalue weighted by Gasteiger charge is 2.38. The first-order valence-electron chi connectivity index (χ1n) is 5.43. The molecule has 0 unspecified atom stereocenters. The second-order valence-electron chi connectivity index (χ2n) is 4.10. The lowest BCUT2D eigenvalue weighted by Crippen LogP contribution is -2.40. The molecule has 0 radical (unpaired) electrons. The molecule has 0 spiro atoms. The predicted molar refractivity (Wildman–Crippen MR) is 60.5 cm³/mol. The van der Waals surface area contributed by atoms with Crippen molar-refractivity contribution >= 4 is 17.7 Å². The molecule has 1 aliphatic carbocycles. The van der Waals surface area contributed by atoms with E-state index in [4.69, 9.17) is 5.11 Å². The Balaban J connectivity index is 2.15. The third kappa shape index (κ3) is 1.93. The molecule has 88 valence electrons. The van der Waals surface area contributed by atoms with Gasteiger partial charge in [-0.05, 0) is 25.7 Å². The number of carboxylic acids is 1. The van der Waals surface area contributed by atoms with Crippen LogP contribution in [0, 0.1) is 0 Å². The second-order valence-corrected chi connectivity index (χ2v) is 5.04. The third-order valence-corrected chi connectivity index (χ3v) is 4.22. The molecule has 16 heavy (non-hydrogen) atoms. The number of hydrogen-bond acceptors (Lipinski definition) is 4. The van der Waals surface area contributed by atoms with Gasteiger partial charge in [0.25, 0.3) is 0 Å². The van der Waals surface area contributed by atoms with Crippen LogP contribution in [-0.2, 0) is 10.3 Å². The summed E-state index contributed by atoms with van der Waals surface area (Å²) in [6.45, 7) is 2.16. The maximum Gasteiger partial charge on any atom is 0.313 e. The summed E-state index contributed by atoms with van der Waals surface area (Å²) in [4.78, 5) is 10.5. The number of aliphatic carboxylic acids is 1. The van der Waals surface area contributed by atoms with Crippen molar-refractivity contribution in [3.05, 3.63) is 6.33 Å². The Kier molecular flexibility index (Phi) is 3.18. The highest BCUT2D eigenvalue weighted by molar-refractivity contribution is 7.99. The fourth-order valence-corrected chi connectivity index (χ4v) is 2.86. The van der Waals surface area contributed by atoms with Crippen molar-refractivity contribution in [2.75, 3.05) is 5.75 Å². The van der Waals surface area contributed by atoms with Gasteiger partial charge >= 0.3 is 5.97 Å². The van der Waals surface area contributed by atoms with Crippen molar-refractivity contribution in [3.63, 3.8) is 0 Å². The van der Waals surface area contributed by atoms with E-state index >= 15 is 0 Å². The van der Waals surface area contributed by atoms with E-state index in [0.29, 0.717) is 0 Å². The lowest BCUT2D eigenvalue weighted by molar-refractivity contribution is -0.133. The summed E-state index contributed by atoms with van der Waals surface area (Å²) in [7, 11) is 0. The van der Waals surface area contributed by atoms with E-state index < -0.39 is 5.97 Å². The van der Waals surface area contributed by atoms with E-state index in [9.17, 15) is 4.79 Å². The smallest absolute Gasteiger partial charge is 0.313 e. The molecule has 1 aliphatic rings. The Morgan fingerprint density at radius 3 is 2.94 bits per heavy atom. The fraction of sp³-hybridized carbons (Fsp3) is 0.700. The minimum Gasteiger partial charge on any atom is -0.481 e. The van der Waals surface area contributed by atoms with E-state index in [2.05, 4.69) is 21.7 Å². The van der Waals surface area contributed by atoms with Crippen molar-refractivity contribution in [2.45, 2.75) is 43.3 Å². The molecular formula is C10H15N3O2S. The molecule has 6 heteroatoms. The van der Waals surface area contributed by atoms with Crippen LogP contribution in [0.4, 0.5) is 0 Å². The van der Waals surface area contributed by atoms with Gasteiger partial charge in [0.15, 0.2) is 5.16 Å². The molecule has 1 aromatic rings. The van der Waals surface area contributed by atoms with Crippen LogP contribution in [0.1, 0.15) is 32.6 Å². The number of rotatable bonds is 5. The highest BCUT2D eigenvalue weighted by Crippen LogP contribution is 2.43. The standard InChI is InChI=1S/C10H15N3O2S/c1-2-10(4-3-5-10)13-7-11-12-9(13)16-6-8(14)15/h7H,2-6H2,1H3,(H,14,15). The first kappa shape index (κ1) is 11.4. The quantitative estimate of drug-likeness (QED) is 0.795. The topological polar surface area (TPSA) is 68.0 Å². The van der Waals surface area contributed by atoms with Crippen LogP contribution in [-0.4, -0.2) is 31.6 Å². The molecule has 0 bridgehead atoms. The molecule has 5 nitrogen and oxygen atoms in total. The zero-order chi connectivity index (χ0) is 11.6. The molecule has 1 fully saturated rings. The van der Waals surface area contributed by atoms with E-state index in [1.165, 1.54) is 18.2 Å². The van der Waals surface area contributed by atoms with Crippen molar-refractivity contribution in [1.29, 1.82) is 0 Å². The Labute approximate surface area is 98.3 Å². The molecule has 1 heterocycles. The zero-order valence-corrected chi connectivity index (χ0v) is 10.0. The Hall–Kier alpha value is -1.04. The van der Waals surface area contributed by atoms with Crippen LogP contribution in [0.2, 0.25) is 0 Å². The molecule has 1 saturated carbocycles. The first-order chi connectivity index (χ1) is 7.68. The number of thioether (sulfide) groups is 1. The number of carboxylic acid groups (broad SMARTS) is 1. The summed E-state index contributed by atoms with van der Waals surface area (Å²) >= 11 is 1.24. The van der Waals surface area contributed by atoms with Gasteiger partial charge in [-0.25, -0.2) is 0 Å². The predicted octanol–water partition coefficient (Wildman–Crippen LogP) is 1.74. The van der Waals surface area contributed by atoms with Gasteiger partial charge in [-0.15, -0.1) is 10.2 Å². The van der Waals surface area contributed by atoms with Gasteiger partial charge in [-0.3, -0.25) is 4.79 Å². The number of nitrogens with zero attached hydrogens (tertiary/aromatic N) is 3. The molecular weight excluding hydrogens is 226 g/mol. The Morgan fingerprint density at radius 1 is 1.69 bits per heavy atom. The molecule has 0 atom stereocenters. The molecule has 0 amide bonds. The Morgan fingerprint density at radius 2 is 2.44 bits per heavy atom. The van der Waals surface area contributed by atoms with Crippen LogP contribution in [0.25, 0.3) is 0 Å². The lowest BCUT2D eigenvalue weighted by Gasteiger charge is -2.42. The summed E-state index contributed by atoms with van der Waals surface area (Å²) in [5.74, 6) is -0.780. The average molecular weight is 241 g/mol. The molecule has 0 aromatic carbocycles. The summed E-state index contributed by atoms with van der Waals surface area (Å²) in [6.07, 6.45) is 6.29. The van der Waals surface area contributed by atoms with Crippen LogP contribution >= 0.6 is 11.8 Å². The van der Waals surface area contributed by atoms with Crippen LogP contribution < -0.4 is 0 Å². The SMILES string of the molecule is CCC1(n2cnnc2SCC(=O)O)CCC1. The number of carbonyl (C=O) groups is 1. The van der Waals surface area contributed by atoms with E-state index in [0.717, 1.165) is 24.4 Å². The maximum atomic E-state index is 10.5. The first-order valence-corrected chi connectivity index (χ1v) is 6.41. The monoisotopic (exact) mass is 241 g/mol. The van der Waals surface area contributed by atoms with Crippen molar-refractivity contribution in [1.82, 2.24) is 14.8 Å². The Bertz CT molecular complexity index is 382. The van der Waals surface area contributed by atoms with Crippen molar-refractivity contribution < 1.29 is 9.90 Å². The van der Waals surface area contributed by atoms with Crippen molar-refractivity contribution in [2.24, 2.45) is 0 Å². The van der Waals surface area contributed by atoms with Gasteiger partial charge in [0.2, 0.25) is 0 Å². The fourth-order valence-electron chi connectivity index (χ4n) is 2.12. The van der Waals surface area contributed by atoms with Gasteiger partial charge in [-0.2, -0.15) is 0 Å². The molecule has 1 aromatic heterocycles.